The number of methoxy groups -OCH3 is 1. The number of carbonyl (C=O) groups excluding carboxylic acids is 2. The number of esters is 1. The first kappa shape index (κ1) is 16.8. The molecule has 0 bridgehead atoms. The zero-order valence-corrected chi connectivity index (χ0v) is 14.1. The van der Waals surface area contributed by atoms with E-state index in [4.69, 9.17) is 9.47 Å². The third kappa shape index (κ3) is 3.44. The molecule has 1 N–H and O–H groups in total. The van der Waals surface area contributed by atoms with Gasteiger partial charge < -0.3 is 14.5 Å². The molecule has 1 aromatic carbocycles. The van der Waals surface area contributed by atoms with Crippen LogP contribution >= 0.6 is 0 Å². The van der Waals surface area contributed by atoms with Gasteiger partial charge in [0.2, 0.25) is 5.78 Å². The number of H-pyrrole nitrogens is 1. The lowest BCUT2D eigenvalue weighted by atomic mass is 10.1. The number of aryl methyl sites for hydroxylation is 3. The van der Waals surface area contributed by atoms with Crippen molar-refractivity contribution in [3.05, 3.63) is 51.8 Å². The SMILES string of the molecule is COC(=O)c1c(C)[nH]c(C(=O)COc2ccc(C)cc2C)c1C. The third-order valence-electron chi connectivity index (χ3n) is 3.80. The Morgan fingerprint density at radius 3 is 2.43 bits per heavy atom. The number of Topliss-reactive ketones (excluding diaryl/α,β-unsaturated/α-hetero) is 1. The predicted octanol–water partition coefficient (Wildman–Crippen LogP) is 3.30. The normalized spacial score (nSPS) is 10.5. The van der Waals surface area contributed by atoms with E-state index < -0.39 is 5.97 Å². The number of ketones is 1. The van der Waals surface area contributed by atoms with Gasteiger partial charge in [-0.05, 0) is 44.9 Å². The second-order valence-electron chi connectivity index (χ2n) is 5.60. The van der Waals surface area contributed by atoms with Crippen LogP contribution in [-0.2, 0) is 4.74 Å². The molecule has 0 aliphatic rings. The summed E-state index contributed by atoms with van der Waals surface area (Å²) in [5, 5.41) is 0. The van der Waals surface area contributed by atoms with Crippen molar-refractivity contribution < 1.29 is 19.1 Å². The molecule has 0 saturated heterocycles. The molecule has 23 heavy (non-hydrogen) atoms. The largest absolute Gasteiger partial charge is 0.485 e. The maximum atomic E-state index is 12.4. The molecule has 0 atom stereocenters. The minimum Gasteiger partial charge on any atom is -0.485 e. The fourth-order valence-electron chi connectivity index (χ4n) is 2.61. The zero-order chi connectivity index (χ0) is 17.1. The molecule has 0 aliphatic heterocycles. The van der Waals surface area contributed by atoms with Crippen molar-refractivity contribution in [2.45, 2.75) is 27.7 Å². The molecule has 1 aromatic heterocycles. The number of aromatic nitrogens is 1. The smallest absolute Gasteiger partial charge is 0.339 e. The van der Waals surface area contributed by atoms with E-state index in [1.165, 1.54) is 7.11 Å². The fraction of sp³-hybridized carbons (Fsp3) is 0.333. The van der Waals surface area contributed by atoms with E-state index in [2.05, 4.69) is 4.98 Å². The predicted molar refractivity (Wildman–Crippen MR) is 87.3 cm³/mol. The first-order valence-electron chi connectivity index (χ1n) is 7.36. The standard InChI is InChI=1S/C18H21NO4/c1-10-6-7-15(11(2)8-10)23-9-14(20)17-12(3)16(13(4)19-17)18(21)22-5/h6-8,19H,9H2,1-5H3. The number of carbonyl (C=O) groups is 2. The zero-order valence-electron chi connectivity index (χ0n) is 14.1. The number of hydrogen-bond donors (Lipinski definition) is 1. The lowest BCUT2D eigenvalue weighted by molar-refractivity contribution is 0.0599. The Balaban J connectivity index is 2.17. The van der Waals surface area contributed by atoms with Crippen molar-refractivity contribution >= 4 is 11.8 Å². The Kier molecular flexibility index (Phi) is 4.89. The second kappa shape index (κ2) is 6.69. The average molecular weight is 315 g/mol. The quantitative estimate of drug-likeness (QED) is 0.679. The summed E-state index contributed by atoms with van der Waals surface area (Å²) in [6.45, 7) is 7.31. The molecule has 0 radical (unpaired) electrons. The van der Waals surface area contributed by atoms with Crippen LogP contribution in [0.1, 0.15) is 43.2 Å². The Morgan fingerprint density at radius 2 is 1.83 bits per heavy atom. The molecule has 0 fully saturated rings. The van der Waals surface area contributed by atoms with Gasteiger partial charge in [-0.3, -0.25) is 4.79 Å². The third-order valence-corrected chi connectivity index (χ3v) is 3.80. The highest BCUT2D eigenvalue weighted by Crippen LogP contribution is 2.21. The first-order valence-corrected chi connectivity index (χ1v) is 7.36. The van der Waals surface area contributed by atoms with Crippen LogP contribution in [0.15, 0.2) is 18.2 Å². The van der Waals surface area contributed by atoms with Crippen LogP contribution in [0.3, 0.4) is 0 Å². The molecule has 0 aliphatic carbocycles. The van der Waals surface area contributed by atoms with Crippen LogP contribution in [0.2, 0.25) is 0 Å². The van der Waals surface area contributed by atoms with Gasteiger partial charge in [0, 0.05) is 5.69 Å². The highest BCUT2D eigenvalue weighted by Gasteiger charge is 2.22. The van der Waals surface area contributed by atoms with Crippen LogP contribution in [0, 0.1) is 27.7 Å². The van der Waals surface area contributed by atoms with E-state index in [9.17, 15) is 9.59 Å². The van der Waals surface area contributed by atoms with Crippen LogP contribution in [0.25, 0.3) is 0 Å². The molecular formula is C18H21NO4. The van der Waals surface area contributed by atoms with Crippen LogP contribution < -0.4 is 4.74 Å². The summed E-state index contributed by atoms with van der Waals surface area (Å²) < 4.78 is 10.4. The van der Waals surface area contributed by atoms with Crippen molar-refractivity contribution in [2.24, 2.45) is 0 Å². The van der Waals surface area contributed by atoms with E-state index in [1.54, 1.807) is 13.8 Å². The average Bonchev–Trinajstić information content (AvgIpc) is 2.80. The number of ether oxygens (including phenoxy) is 2. The van der Waals surface area contributed by atoms with Gasteiger partial charge in [0.05, 0.1) is 18.4 Å². The lowest BCUT2D eigenvalue weighted by Crippen LogP contribution is -2.14. The number of rotatable bonds is 5. The molecule has 2 rings (SSSR count). The Hall–Kier alpha value is -2.56. The van der Waals surface area contributed by atoms with Gasteiger partial charge in [-0.15, -0.1) is 0 Å². The highest BCUT2D eigenvalue weighted by molar-refractivity contribution is 6.02. The summed E-state index contributed by atoms with van der Waals surface area (Å²) in [7, 11) is 1.32. The van der Waals surface area contributed by atoms with Gasteiger partial charge in [0.25, 0.3) is 0 Å². The van der Waals surface area contributed by atoms with Gasteiger partial charge in [0.1, 0.15) is 5.75 Å². The fourth-order valence-corrected chi connectivity index (χ4v) is 2.61. The highest BCUT2D eigenvalue weighted by atomic mass is 16.5. The molecule has 0 amide bonds. The topological polar surface area (TPSA) is 68.4 Å². The van der Waals surface area contributed by atoms with E-state index in [0.29, 0.717) is 28.3 Å². The molecule has 0 saturated carbocycles. The second-order valence-corrected chi connectivity index (χ2v) is 5.60. The Labute approximate surface area is 135 Å². The van der Waals surface area contributed by atoms with Gasteiger partial charge >= 0.3 is 5.97 Å². The van der Waals surface area contributed by atoms with Crippen molar-refractivity contribution in [3.8, 4) is 5.75 Å². The summed E-state index contributed by atoms with van der Waals surface area (Å²) in [5.74, 6) is 0.0180. The molecule has 2 aromatic rings. The Bertz CT molecular complexity index is 759. The minimum atomic E-state index is -0.453. The molecule has 0 spiro atoms. The van der Waals surface area contributed by atoms with Gasteiger partial charge in [0.15, 0.2) is 6.61 Å². The van der Waals surface area contributed by atoms with Gasteiger partial charge in [-0.1, -0.05) is 17.7 Å². The lowest BCUT2D eigenvalue weighted by Gasteiger charge is -2.09. The van der Waals surface area contributed by atoms with E-state index in [-0.39, 0.29) is 12.4 Å². The monoisotopic (exact) mass is 315 g/mol. The van der Waals surface area contributed by atoms with E-state index >= 15 is 0 Å². The van der Waals surface area contributed by atoms with Crippen LogP contribution in [0.4, 0.5) is 0 Å². The van der Waals surface area contributed by atoms with Crippen molar-refractivity contribution in [3.63, 3.8) is 0 Å². The van der Waals surface area contributed by atoms with Crippen molar-refractivity contribution in [1.29, 1.82) is 0 Å². The maximum Gasteiger partial charge on any atom is 0.339 e. The maximum absolute atomic E-state index is 12.4. The molecule has 5 nitrogen and oxygen atoms in total. The summed E-state index contributed by atoms with van der Waals surface area (Å²) in [4.78, 5) is 27.1. The summed E-state index contributed by atoms with van der Waals surface area (Å²) in [6, 6.07) is 5.79. The number of benzene rings is 1. The van der Waals surface area contributed by atoms with Crippen molar-refractivity contribution in [1.82, 2.24) is 4.98 Å². The Morgan fingerprint density at radius 1 is 1.13 bits per heavy atom. The first-order chi connectivity index (χ1) is 10.8. The number of aromatic amines is 1. The van der Waals surface area contributed by atoms with E-state index in [1.807, 2.05) is 32.0 Å². The molecule has 0 unspecified atom stereocenters. The summed E-state index contributed by atoms with van der Waals surface area (Å²) >= 11 is 0. The summed E-state index contributed by atoms with van der Waals surface area (Å²) in [6.07, 6.45) is 0. The molecule has 1 heterocycles. The minimum absolute atomic E-state index is 0.0920. The van der Waals surface area contributed by atoms with Gasteiger partial charge in [-0.2, -0.15) is 0 Å². The van der Waals surface area contributed by atoms with Gasteiger partial charge in [-0.25, -0.2) is 4.79 Å². The van der Waals surface area contributed by atoms with Crippen LogP contribution in [0.5, 0.6) is 5.75 Å². The van der Waals surface area contributed by atoms with Crippen molar-refractivity contribution in [2.75, 3.05) is 13.7 Å². The number of hydrogen-bond acceptors (Lipinski definition) is 4. The van der Waals surface area contributed by atoms with E-state index in [0.717, 1.165) is 11.1 Å². The summed E-state index contributed by atoms with van der Waals surface area (Å²) in [5.41, 5.74) is 4.11. The molecular weight excluding hydrogens is 294 g/mol. The van der Waals surface area contributed by atoms with Crippen LogP contribution in [-0.4, -0.2) is 30.5 Å². The molecule has 122 valence electrons. The number of nitrogens with one attached hydrogen (secondary N) is 1. The molecule has 5 heteroatoms.